The van der Waals surface area contributed by atoms with Gasteiger partial charge in [-0.2, -0.15) is 0 Å². The van der Waals surface area contributed by atoms with Crippen molar-refractivity contribution in [3.05, 3.63) is 35.4 Å². The van der Waals surface area contributed by atoms with E-state index in [-0.39, 0.29) is 17.7 Å². The second-order valence-corrected chi connectivity index (χ2v) is 6.96. The van der Waals surface area contributed by atoms with Crippen LogP contribution in [0.5, 0.6) is 0 Å². The molecule has 0 aliphatic heterocycles. The van der Waals surface area contributed by atoms with Gasteiger partial charge >= 0.3 is 0 Å². The Morgan fingerprint density at radius 2 is 1.95 bits per heavy atom. The lowest BCUT2D eigenvalue weighted by Gasteiger charge is -2.21. The minimum atomic E-state index is -3.40. The van der Waals surface area contributed by atoms with Gasteiger partial charge < -0.3 is 10.5 Å². The Balaban J connectivity index is 2.77. The Kier molecular flexibility index (Phi) is 6.61. The zero-order valence-corrected chi connectivity index (χ0v) is 13.1. The fourth-order valence-corrected chi connectivity index (χ4v) is 3.38. The van der Waals surface area contributed by atoms with E-state index in [2.05, 4.69) is 4.72 Å². The van der Waals surface area contributed by atoms with Gasteiger partial charge in [0.1, 0.15) is 0 Å². The minimum Gasteiger partial charge on any atom is -0.383 e. The first-order valence-electron chi connectivity index (χ1n) is 6.64. The molecule has 0 spiro atoms. The molecule has 0 saturated heterocycles. The Morgan fingerprint density at radius 1 is 1.30 bits per heavy atom. The normalized spacial score (nSPS) is 13.7. The van der Waals surface area contributed by atoms with Crippen LogP contribution in [0.1, 0.15) is 25.0 Å². The van der Waals surface area contributed by atoms with Gasteiger partial charge in [-0.1, -0.05) is 38.1 Å². The molecule has 1 rings (SSSR count). The van der Waals surface area contributed by atoms with Gasteiger partial charge in [-0.05, 0) is 17.0 Å². The van der Waals surface area contributed by atoms with Gasteiger partial charge in [0.25, 0.3) is 0 Å². The number of nitrogens with one attached hydrogen (secondary N) is 1. The molecule has 0 aliphatic carbocycles. The van der Waals surface area contributed by atoms with Crippen LogP contribution < -0.4 is 10.5 Å². The topological polar surface area (TPSA) is 81.4 Å². The van der Waals surface area contributed by atoms with E-state index >= 15 is 0 Å². The SMILES string of the molecule is COCC(NS(=O)(=O)Cc1cccc(CN)c1)C(C)C. The van der Waals surface area contributed by atoms with E-state index in [0.29, 0.717) is 13.2 Å². The third kappa shape index (κ3) is 5.58. The Hall–Kier alpha value is -0.950. The largest absolute Gasteiger partial charge is 0.383 e. The number of nitrogens with two attached hydrogens (primary N) is 1. The summed E-state index contributed by atoms with van der Waals surface area (Å²) in [6, 6.07) is 7.09. The van der Waals surface area contributed by atoms with E-state index in [1.807, 2.05) is 32.0 Å². The number of ether oxygens (including phenoxy) is 1. The summed E-state index contributed by atoms with van der Waals surface area (Å²) in [4.78, 5) is 0. The Morgan fingerprint density at radius 3 is 2.50 bits per heavy atom. The molecule has 0 aromatic heterocycles. The lowest BCUT2D eigenvalue weighted by molar-refractivity contribution is 0.157. The summed E-state index contributed by atoms with van der Waals surface area (Å²) in [6.45, 7) is 4.68. The smallest absolute Gasteiger partial charge is 0.216 e. The van der Waals surface area contributed by atoms with Crippen molar-refractivity contribution in [2.75, 3.05) is 13.7 Å². The van der Waals surface area contributed by atoms with E-state index in [1.54, 1.807) is 13.2 Å². The molecule has 1 aromatic rings. The van der Waals surface area contributed by atoms with Crippen molar-refractivity contribution in [2.24, 2.45) is 11.7 Å². The first-order valence-corrected chi connectivity index (χ1v) is 8.30. The first kappa shape index (κ1) is 17.1. The predicted octanol–water partition coefficient (Wildman–Crippen LogP) is 1.24. The highest BCUT2D eigenvalue weighted by Crippen LogP contribution is 2.10. The van der Waals surface area contributed by atoms with Gasteiger partial charge in [0, 0.05) is 19.7 Å². The highest BCUT2D eigenvalue weighted by Gasteiger charge is 2.21. The van der Waals surface area contributed by atoms with Crippen molar-refractivity contribution in [2.45, 2.75) is 32.2 Å². The van der Waals surface area contributed by atoms with Gasteiger partial charge in [-0.3, -0.25) is 0 Å². The second-order valence-electron chi connectivity index (χ2n) is 5.21. The summed E-state index contributed by atoms with van der Waals surface area (Å²) in [5.74, 6) is 0.119. The van der Waals surface area contributed by atoms with Crippen LogP contribution in [0.3, 0.4) is 0 Å². The summed E-state index contributed by atoms with van der Waals surface area (Å²) in [6.07, 6.45) is 0. The maximum absolute atomic E-state index is 12.2. The van der Waals surface area contributed by atoms with E-state index in [1.165, 1.54) is 0 Å². The summed E-state index contributed by atoms with van der Waals surface area (Å²) < 4.78 is 32.1. The Labute approximate surface area is 121 Å². The molecule has 1 aromatic carbocycles. The summed E-state index contributed by atoms with van der Waals surface area (Å²) in [7, 11) is -1.83. The predicted molar refractivity (Wildman–Crippen MR) is 80.6 cm³/mol. The van der Waals surface area contributed by atoms with Gasteiger partial charge in [-0.15, -0.1) is 0 Å². The van der Waals surface area contributed by atoms with Crippen molar-refractivity contribution in [1.29, 1.82) is 0 Å². The molecule has 0 amide bonds. The molecular formula is C14H24N2O3S. The van der Waals surface area contributed by atoms with Crippen molar-refractivity contribution in [3.63, 3.8) is 0 Å². The van der Waals surface area contributed by atoms with Crippen molar-refractivity contribution in [1.82, 2.24) is 4.72 Å². The van der Waals surface area contributed by atoms with E-state index in [4.69, 9.17) is 10.5 Å². The van der Waals surface area contributed by atoms with Gasteiger partial charge in [0.2, 0.25) is 10.0 Å². The standard InChI is InChI=1S/C14H24N2O3S/c1-11(2)14(9-19-3)16-20(17,18)10-13-6-4-5-12(7-13)8-15/h4-7,11,14,16H,8-10,15H2,1-3H3. The molecule has 0 radical (unpaired) electrons. The third-order valence-electron chi connectivity index (χ3n) is 3.07. The van der Waals surface area contributed by atoms with Crippen molar-refractivity contribution in [3.8, 4) is 0 Å². The third-order valence-corrected chi connectivity index (χ3v) is 4.44. The molecule has 3 N–H and O–H groups in total. The quantitative estimate of drug-likeness (QED) is 0.757. The molecule has 6 heteroatoms. The van der Waals surface area contributed by atoms with Crippen LogP contribution in [0.2, 0.25) is 0 Å². The highest BCUT2D eigenvalue weighted by atomic mass is 32.2. The van der Waals surface area contributed by atoms with Crippen LogP contribution in [-0.2, 0) is 27.1 Å². The van der Waals surface area contributed by atoms with Crippen LogP contribution in [0.25, 0.3) is 0 Å². The monoisotopic (exact) mass is 300 g/mol. The lowest BCUT2D eigenvalue weighted by atomic mass is 10.1. The molecule has 20 heavy (non-hydrogen) atoms. The molecule has 0 bridgehead atoms. The maximum Gasteiger partial charge on any atom is 0.216 e. The van der Waals surface area contributed by atoms with Gasteiger partial charge in [-0.25, -0.2) is 13.1 Å². The van der Waals surface area contributed by atoms with Crippen LogP contribution in [0, 0.1) is 5.92 Å². The van der Waals surface area contributed by atoms with Crippen LogP contribution >= 0.6 is 0 Å². The average Bonchev–Trinajstić information content (AvgIpc) is 2.37. The van der Waals surface area contributed by atoms with E-state index in [9.17, 15) is 8.42 Å². The fourth-order valence-electron chi connectivity index (χ4n) is 1.88. The number of methoxy groups -OCH3 is 1. The summed E-state index contributed by atoms with van der Waals surface area (Å²) in [5.41, 5.74) is 7.22. The van der Waals surface area contributed by atoms with Gasteiger partial charge in [0.05, 0.1) is 12.4 Å². The second kappa shape index (κ2) is 7.73. The number of benzene rings is 1. The van der Waals surface area contributed by atoms with Crippen LogP contribution in [-0.4, -0.2) is 28.2 Å². The molecule has 0 heterocycles. The van der Waals surface area contributed by atoms with Gasteiger partial charge in [0.15, 0.2) is 0 Å². The highest BCUT2D eigenvalue weighted by molar-refractivity contribution is 7.88. The fraction of sp³-hybridized carbons (Fsp3) is 0.571. The number of rotatable bonds is 8. The molecular weight excluding hydrogens is 276 g/mol. The van der Waals surface area contributed by atoms with Crippen LogP contribution in [0.4, 0.5) is 0 Å². The average molecular weight is 300 g/mol. The van der Waals surface area contributed by atoms with Crippen molar-refractivity contribution >= 4 is 10.0 Å². The van der Waals surface area contributed by atoms with Crippen LogP contribution in [0.15, 0.2) is 24.3 Å². The maximum atomic E-state index is 12.2. The zero-order valence-electron chi connectivity index (χ0n) is 12.3. The van der Waals surface area contributed by atoms with E-state index < -0.39 is 10.0 Å². The number of hydrogen-bond acceptors (Lipinski definition) is 4. The van der Waals surface area contributed by atoms with Crippen molar-refractivity contribution < 1.29 is 13.2 Å². The molecule has 1 unspecified atom stereocenters. The summed E-state index contributed by atoms with van der Waals surface area (Å²) >= 11 is 0. The lowest BCUT2D eigenvalue weighted by Crippen LogP contribution is -2.42. The molecule has 0 aliphatic rings. The molecule has 1 atom stereocenters. The summed E-state index contributed by atoms with van der Waals surface area (Å²) in [5, 5.41) is 0. The number of sulfonamides is 1. The zero-order chi connectivity index (χ0) is 15.2. The molecule has 5 nitrogen and oxygen atoms in total. The molecule has 114 valence electrons. The van der Waals surface area contributed by atoms with E-state index in [0.717, 1.165) is 11.1 Å². The minimum absolute atomic E-state index is 0.0478. The molecule has 0 fully saturated rings. The Bertz CT molecular complexity index is 515. The number of hydrogen-bond donors (Lipinski definition) is 2. The molecule has 0 saturated carbocycles. The first-order chi connectivity index (χ1) is 9.38.